The van der Waals surface area contributed by atoms with Gasteiger partial charge in [0.2, 0.25) is 5.91 Å². The van der Waals surface area contributed by atoms with Crippen LogP contribution in [0, 0.1) is 6.92 Å². The number of aromatic nitrogens is 1. The molecule has 0 saturated carbocycles. The summed E-state index contributed by atoms with van der Waals surface area (Å²) >= 11 is 2.88. The molecule has 2 aromatic heterocycles. The molecule has 0 bridgehead atoms. The van der Waals surface area contributed by atoms with E-state index in [0.717, 1.165) is 20.1 Å². The SMILES string of the molecule is Cc1cccc(C(=O)Nc2ccc3nc(SCC(=O)NCc4ccco4)sc3c2)c1. The molecule has 0 radical (unpaired) electrons. The third-order valence-corrected chi connectivity index (χ3v) is 6.43. The summed E-state index contributed by atoms with van der Waals surface area (Å²) in [5, 5.41) is 5.74. The summed E-state index contributed by atoms with van der Waals surface area (Å²) in [6.07, 6.45) is 1.58. The number of amides is 2. The number of thioether (sulfide) groups is 1. The van der Waals surface area contributed by atoms with Gasteiger partial charge < -0.3 is 15.1 Å². The predicted octanol–water partition coefficient (Wildman–Crippen LogP) is 4.86. The smallest absolute Gasteiger partial charge is 0.255 e. The van der Waals surface area contributed by atoms with Crippen LogP contribution in [0.2, 0.25) is 0 Å². The number of furan rings is 1. The summed E-state index contributed by atoms with van der Waals surface area (Å²) < 4.78 is 6.96. The van der Waals surface area contributed by atoms with E-state index >= 15 is 0 Å². The van der Waals surface area contributed by atoms with Crippen LogP contribution in [-0.2, 0) is 11.3 Å². The van der Waals surface area contributed by atoms with Crippen LogP contribution in [0.1, 0.15) is 21.7 Å². The van der Waals surface area contributed by atoms with E-state index in [-0.39, 0.29) is 17.6 Å². The quantitative estimate of drug-likeness (QED) is 0.404. The number of nitrogens with zero attached hydrogens (tertiary/aromatic N) is 1. The van der Waals surface area contributed by atoms with E-state index in [1.54, 1.807) is 18.4 Å². The van der Waals surface area contributed by atoms with E-state index in [0.29, 0.717) is 23.6 Å². The summed E-state index contributed by atoms with van der Waals surface area (Å²) in [7, 11) is 0. The van der Waals surface area contributed by atoms with Crippen molar-refractivity contribution in [1.82, 2.24) is 10.3 Å². The molecule has 0 aliphatic heterocycles. The van der Waals surface area contributed by atoms with Crippen molar-refractivity contribution in [2.45, 2.75) is 17.8 Å². The van der Waals surface area contributed by atoms with Gasteiger partial charge in [-0.3, -0.25) is 9.59 Å². The van der Waals surface area contributed by atoms with Gasteiger partial charge in [0.1, 0.15) is 5.76 Å². The highest BCUT2D eigenvalue weighted by Crippen LogP contribution is 2.31. The second-order valence-electron chi connectivity index (χ2n) is 6.63. The van der Waals surface area contributed by atoms with Crippen molar-refractivity contribution in [3.05, 3.63) is 77.7 Å². The highest BCUT2D eigenvalue weighted by molar-refractivity contribution is 8.01. The molecule has 0 spiro atoms. The van der Waals surface area contributed by atoms with Gasteiger partial charge >= 0.3 is 0 Å². The Balaban J connectivity index is 1.36. The van der Waals surface area contributed by atoms with Crippen molar-refractivity contribution in [1.29, 1.82) is 0 Å². The molecule has 0 fully saturated rings. The van der Waals surface area contributed by atoms with Gasteiger partial charge in [-0.2, -0.15) is 0 Å². The summed E-state index contributed by atoms with van der Waals surface area (Å²) in [4.78, 5) is 29.0. The largest absolute Gasteiger partial charge is 0.467 e. The second kappa shape index (κ2) is 9.15. The molecule has 6 nitrogen and oxygen atoms in total. The molecule has 0 saturated heterocycles. The van der Waals surface area contributed by atoms with Gasteiger partial charge in [-0.25, -0.2) is 4.98 Å². The van der Waals surface area contributed by atoms with E-state index in [2.05, 4.69) is 15.6 Å². The Bertz CT molecular complexity index is 1190. The fourth-order valence-electron chi connectivity index (χ4n) is 2.81. The number of aryl methyl sites for hydroxylation is 1. The molecule has 4 rings (SSSR count). The van der Waals surface area contributed by atoms with Crippen LogP contribution in [0.15, 0.2) is 69.6 Å². The summed E-state index contributed by atoms with van der Waals surface area (Å²) in [6.45, 7) is 2.33. The first-order chi connectivity index (χ1) is 14.6. The number of anilines is 1. The highest BCUT2D eigenvalue weighted by Gasteiger charge is 2.11. The average Bonchev–Trinajstić information content (AvgIpc) is 3.40. The van der Waals surface area contributed by atoms with E-state index in [1.807, 2.05) is 49.4 Å². The van der Waals surface area contributed by atoms with Crippen molar-refractivity contribution < 1.29 is 14.0 Å². The van der Waals surface area contributed by atoms with Crippen LogP contribution < -0.4 is 10.6 Å². The first-order valence-electron chi connectivity index (χ1n) is 9.27. The Morgan fingerprint density at radius 1 is 1.13 bits per heavy atom. The fourth-order valence-corrected chi connectivity index (χ4v) is 4.75. The van der Waals surface area contributed by atoms with Crippen molar-refractivity contribution in [3.8, 4) is 0 Å². The molecule has 2 aromatic carbocycles. The van der Waals surface area contributed by atoms with Crippen molar-refractivity contribution >= 4 is 50.8 Å². The molecule has 8 heteroatoms. The van der Waals surface area contributed by atoms with Crippen LogP contribution in [0.25, 0.3) is 10.2 Å². The normalized spacial score (nSPS) is 10.8. The van der Waals surface area contributed by atoms with Gasteiger partial charge in [0.05, 0.1) is 28.8 Å². The standard InChI is InChI=1S/C22H19N3O3S2/c1-14-4-2-5-15(10-14)21(27)24-16-7-8-18-19(11-16)30-22(25-18)29-13-20(26)23-12-17-6-3-9-28-17/h2-11H,12-13H2,1H3,(H,23,26)(H,24,27). The van der Waals surface area contributed by atoms with Gasteiger partial charge in [-0.1, -0.05) is 29.5 Å². The van der Waals surface area contributed by atoms with Gasteiger partial charge in [-0.15, -0.1) is 11.3 Å². The third-order valence-electron chi connectivity index (χ3n) is 4.27. The van der Waals surface area contributed by atoms with Crippen molar-refractivity contribution in [3.63, 3.8) is 0 Å². The maximum absolute atomic E-state index is 12.5. The molecule has 4 aromatic rings. The highest BCUT2D eigenvalue weighted by atomic mass is 32.2. The molecule has 152 valence electrons. The fraction of sp³-hybridized carbons (Fsp3) is 0.136. The zero-order valence-corrected chi connectivity index (χ0v) is 17.8. The van der Waals surface area contributed by atoms with Crippen LogP contribution in [0.5, 0.6) is 0 Å². The Labute approximate surface area is 181 Å². The Morgan fingerprint density at radius 2 is 2.03 bits per heavy atom. The number of rotatable bonds is 7. The molecule has 0 aliphatic rings. The Hall–Kier alpha value is -3.10. The lowest BCUT2D eigenvalue weighted by atomic mass is 10.1. The number of thiazole rings is 1. The lowest BCUT2D eigenvalue weighted by Gasteiger charge is -2.05. The molecular formula is C22H19N3O3S2. The van der Waals surface area contributed by atoms with Crippen LogP contribution in [0.3, 0.4) is 0 Å². The second-order valence-corrected chi connectivity index (χ2v) is 8.88. The monoisotopic (exact) mass is 437 g/mol. The van der Waals surface area contributed by atoms with Crippen molar-refractivity contribution in [2.24, 2.45) is 0 Å². The molecule has 2 amide bonds. The minimum Gasteiger partial charge on any atom is -0.467 e. The van der Waals surface area contributed by atoms with Crippen LogP contribution in [-0.4, -0.2) is 22.6 Å². The van der Waals surface area contributed by atoms with E-state index in [4.69, 9.17) is 4.42 Å². The Kier molecular flexibility index (Phi) is 6.15. The number of nitrogens with one attached hydrogen (secondary N) is 2. The number of carbonyl (C=O) groups is 2. The lowest BCUT2D eigenvalue weighted by Crippen LogP contribution is -2.24. The summed E-state index contributed by atoms with van der Waals surface area (Å²) in [5.74, 6) is 0.762. The van der Waals surface area contributed by atoms with Crippen LogP contribution in [0.4, 0.5) is 5.69 Å². The topological polar surface area (TPSA) is 84.2 Å². The van der Waals surface area contributed by atoms with Gasteiger partial charge in [0.15, 0.2) is 4.34 Å². The maximum Gasteiger partial charge on any atom is 0.255 e. The molecule has 2 heterocycles. The summed E-state index contributed by atoms with van der Waals surface area (Å²) in [5.41, 5.74) is 3.21. The number of hydrogen-bond donors (Lipinski definition) is 2. The predicted molar refractivity (Wildman–Crippen MR) is 120 cm³/mol. The molecule has 2 N–H and O–H groups in total. The van der Waals surface area contributed by atoms with Crippen LogP contribution >= 0.6 is 23.1 Å². The number of hydrogen-bond acceptors (Lipinski definition) is 6. The first kappa shape index (κ1) is 20.2. The molecular weight excluding hydrogens is 418 g/mol. The van der Waals surface area contributed by atoms with E-state index < -0.39 is 0 Å². The van der Waals surface area contributed by atoms with Crippen molar-refractivity contribution in [2.75, 3.05) is 11.1 Å². The lowest BCUT2D eigenvalue weighted by molar-refractivity contribution is -0.118. The van der Waals surface area contributed by atoms with Gasteiger partial charge in [0.25, 0.3) is 5.91 Å². The first-order valence-corrected chi connectivity index (χ1v) is 11.1. The number of carbonyl (C=O) groups excluding carboxylic acids is 2. The number of benzene rings is 2. The molecule has 0 aliphatic carbocycles. The molecule has 0 atom stereocenters. The van der Waals surface area contributed by atoms with Gasteiger partial charge in [0, 0.05) is 11.3 Å². The number of fused-ring (bicyclic) bond motifs is 1. The zero-order chi connectivity index (χ0) is 20.9. The minimum absolute atomic E-state index is 0.0817. The average molecular weight is 438 g/mol. The summed E-state index contributed by atoms with van der Waals surface area (Å²) in [6, 6.07) is 16.7. The zero-order valence-electron chi connectivity index (χ0n) is 16.2. The third kappa shape index (κ3) is 5.08. The van der Waals surface area contributed by atoms with E-state index in [9.17, 15) is 9.59 Å². The molecule has 30 heavy (non-hydrogen) atoms. The molecule has 0 unspecified atom stereocenters. The Morgan fingerprint density at radius 3 is 2.83 bits per heavy atom. The minimum atomic E-state index is -0.148. The van der Waals surface area contributed by atoms with Gasteiger partial charge in [-0.05, 0) is 49.4 Å². The van der Waals surface area contributed by atoms with E-state index in [1.165, 1.54) is 23.1 Å². The maximum atomic E-state index is 12.5.